The molecule has 2 aromatic rings. The number of benzene rings is 2. The number of esters is 2. The molecular weight excluding hydrogens is 365 g/mol. The van der Waals surface area contributed by atoms with Gasteiger partial charge in [0.25, 0.3) is 5.91 Å². The number of rotatable bonds is 7. The molecule has 6 nitrogen and oxygen atoms in total. The Morgan fingerprint density at radius 1 is 1.04 bits per heavy atom. The fourth-order valence-corrected chi connectivity index (χ4v) is 2.46. The molecule has 1 amide bonds. The summed E-state index contributed by atoms with van der Waals surface area (Å²) in [5.74, 6) is -2.70. The van der Waals surface area contributed by atoms with Crippen LogP contribution in [0.4, 0.5) is 4.39 Å². The summed E-state index contributed by atoms with van der Waals surface area (Å²) in [5.41, 5.74) is 0.915. The molecule has 0 saturated carbocycles. The van der Waals surface area contributed by atoms with E-state index in [4.69, 9.17) is 4.74 Å². The van der Waals surface area contributed by atoms with Gasteiger partial charge >= 0.3 is 11.9 Å². The van der Waals surface area contributed by atoms with Crippen LogP contribution in [0.15, 0.2) is 48.5 Å². The van der Waals surface area contributed by atoms with Crippen molar-refractivity contribution in [1.82, 2.24) is 5.32 Å². The Bertz CT molecular complexity index is 848. The lowest BCUT2D eigenvalue weighted by molar-refractivity contribution is -0.148. The number of carbonyl (C=O) groups is 3. The zero-order valence-electron chi connectivity index (χ0n) is 15.9. The molecule has 28 heavy (non-hydrogen) atoms. The van der Waals surface area contributed by atoms with Gasteiger partial charge in [0.2, 0.25) is 0 Å². The molecule has 0 bridgehead atoms. The van der Waals surface area contributed by atoms with Crippen LogP contribution in [0.2, 0.25) is 0 Å². The summed E-state index contributed by atoms with van der Waals surface area (Å²) in [6.45, 7) is 3.47. The molecule has 148 valence electrons. The van der Waals surface area contributed by atoms with Gasteiger partial charge < -0.3 is 14.8 Å². The summed E-state index contributed by atoms with van der Waals surface area (Å²) in [6, 6.07) is 11.0. The highest BCUT2D eigenvalue weighted by Crippen LogP contribution is 2.12. The van der Waals surface area contributed by atoms with Crippen LogP contribution in [-0.4, -0.2) is 31.0 Å². The van der Waals surface area contributed by atoms with Crippen LogP contribution >= 0.6 is 0 Å². The van der Waals surface area contributed by atoms with Gasteiger partial charge in [-0.1, -0.05) is 38.1 Å². The van der Waals surface area contributed by atoms with Crippen LogP contribution in [-0.2, 0) is 20.9 Å². The van der Waals surface area contributed by atoms with E-state index in [0.717, 1.165) is 0 Å². The van der Waals surface area contributed by atoms with Crippen LogP contribution in [0.25, 0.3) is 0 Å². The lowest BCUT2D eigenvalue weighted by atomic mass is 10.0. The van der Waals surface area contributed by atoms with Crippen molar-refractivity contribution < 1.29 is 28.2 Å². The summed E-state index contributed by atoms with van der Waals surface area (Å²) in [6.07, 6.45) is 0. The molecular formula is C21H22FNO5. The van der Waals surface area contributed by atoms with Gasteiger partial charge in [-0.3, -0.25) is 4.79 Å². The quantitative estimate of drug-likeness (QED) is 0.739. The molecule has 0 saturated heterocycles. The average Bonchev–Trinajstić information content (AvgIpc) is 2.69. The highest BCUT2D eigenvalue weighted by Gasteiger charge is 2.27. The van der Waals surface area contributed by atoms with Crippen molar-refractivity contribution in [3.63, 3.8) is 0 Å². The predicted molar refractivity (Wildman–Crippen MR) is 100 cm³/mol. The molecule has 7 heteroatoms. The number of ether oxygens (including phenoxy) is 2. The molecule has 0 aliphatic carbocycles. The van der Waals surface area contributed by atoms with E-state index in [1.54, 1.807) is 44.2 Å². The Hall–Kier alpha value is -3.22. The molecule has 0 unspecified atom stereocenters. The first-order valence-electron chi connectivity index (χ1n) is 8.72. The van der Waals surface area contributed by atoms with Crippen molar-refractivity contribution in [3.05, 3.63) is 71.0 Å². The topological polar surface area (TPSA) is 81.7 Å². The predicted octanol–water partition coefficient (Wildman–Crippen LogP) is 3.11. The van der Waals surface area contributed by atoms with E-state index in [2.05, 4.69) is 10.1 Å². The second-order valence-electron chi connectivity index (χ2n) is 6.47. The van der Waals surface area contributed by atoms with E-state index in [9.17, 15) is 18.8 Å². The van der Waals surface area contributed by atoms with Crippen LogP contribution in [0, 0.1) is 11.7 Å². The number of carbonyl (C=O) groups excluding carboxylic acids is 3. The fraction of sp³-hybridized carbons (Fsp3) is 0.286. The molecule has 1 atom stereocenters. The lowest BCUT2D eigenvalue weighted by Crippen LogP contribution is -2.45. The monoisotopic (exact) mass is 387 g/mol. The molecule has 0 aliphatic rings. The third-order valence-corrected chi connectivity index (χ3v) is 4.08. The third kappa shape index (κ3) is 5.39. The Morgan fingerprint density at radius 3 is 2.25 bits per heavy atom. The van der Waals surface area contributed by atoms with Crippen molar-refractivity contribution >= 4 is 17.8 Å². The van der Waals surface area contributed by atoms with Crippen LogP contribution in [0.1, 0.15) is 40.1 Å². The van der Waals surface area contributed by atoms with Crippen molar-refractivity contribution in [2.75, 3.05) is 7.11 Å². The summed E-state index contributed by atoms with van der Waals surface area (Å²) >= 11 is 0. The van der Waals surface area contributed by atoms with Gasteiger partial charge in [0.05, 0.1) is 18.2 Å². The fourth-order valence-electron chi connectivity index (χ4n) is 2.46. The maximum absolute atomic E-state index is 13.8. The molecule has 0 aromatic heterocycles. The van der Waals surface area contributed by atoms with Crippen molar-refractivity contribution in [3.8, 4) is 0 Å². The minimum atomic E-state index is -0.929. The van der Waals surface area contributed by atoms with Gasteiger partial charge in [0, 0.05) is 0 Å². The van der Waals surface area contributed by atoms with Crippen molar-refractivity contribution in [2.45, 2.75) is 26.5 Å². The van der Waals surface area contributed by atoms with Gasteiger partial charge in [-0.25, -0.2) is 14.0 Å². The van der Waals surface area contributed by atoms with Gasteiger partial charge in [0.1, 0.15) is 18.5 Å². The molecule has 0 aliphatic heterocycles. The smallest absolute Gasteiger partial charge is 0.337 e. The van der Waals surface area contributed by atoms with Gasteiger partial charge in [-0.05, 0) is 35.7 Å². The summed E-state index contributed by atoms with van der Waals surface area (Å²) in [7, 11) is 1.29. The molecule has 0 fully saturated rings. The molecule has 2 rings (SSSR count). The van der Waals surface area contributed by atoms with E-state index >= 15 is 0 Å². The Balaban J connectivity index is 2.00. The van der Waals surface area contributed by atoms with Crippen molar-refractivity contribution in [1.29, 1.82) is 0 Å². The number of nitrogens with one attached hydrogen (secondary N) is 1. The minimum absolute atomic E-state index is 0.0287. The number of hydrogen-bond acceptors (Lipinski definition) is 5. The maximum Gasteiger partial charge on any atom is 0.337 e. The number of halogens is 1. The van der Waals surface area contributed by atoms with Gasteiger partial charge in [0.15, 0.2) is 0 Å². The molecule has 0 radical (unpaired) electrons. The van der Waals surface area contributed by atoms with E-state index in [0.29, 0.717) is 11.1 Å². The lowest BCUT2D eigenvalue weighted by Gasteiger charge is -2.21. The minimum Gasteiger partial charge on any atom is -0.465 e. The summed E-state index contributed by atoms with van der Waals surface area (Å²) in [5, 5.41) is 2.53. The van der Waals surface area contributed by atoms with E-state index in [1.165, 1.54) is 25.3 Å². The average molecular weight is 387 g/mol. The zero-order chi connectivity index (χ0) is 20.7. The van der Waals surface area contributed by atoms with Crippen LogP contribution < -0.4 is 5.32 Å². The Labute approximate surface area is 162 Å². The van der Waals surface area contributed by atoms with Gasteiger partial charge in [-0.2, -0.15) is 0 Å². The molecule has 0 heterocycles. The first-order chi connectivity index (χ1) is 13.3. The van der Waals surface area contributed by atoms with Gasteiger partial charge in [-0.15, -0.1) is 0 Å². The van der Waals surface area contributed by atoms with E-state index < -0.39 is 29.7 Å². The van der Waals surface area contributed by atoms with Crippen LogP contribution in [0.5, 0.6) is 0 Å². The third-order valence-electron chi connectivity index (χ3n) is 4.08. The first-order valence-corrected chi connectivity index (χ1v) is 8.72. The van der Waals surface area contributed by atoms with E-state index in [1.807, 2.05) is 0 Å². The van der Waals surface area contributed by atoms with Crippen LogP contribution in [0.3, 0.4) is 0 Å². The first kappa shape index (κ1) is 21.1. The number of methoxy groups -OCH3 is 1. The van der Waals surface area contributed by atoms with Crippen molar-refractivity contribution in [2.24, 2.45) is 5.92 Å². The molecule has 2 aromatic carbocycles. The molecule has 0 spiro atoms. The van der Waals surface area contributed by atoms with E-state index in [-0.39, 0.29) is 18.1 Å². The number of hydrogen-bond donors (Lipinski definition) is 1. The summed E-state index contributed by atoms with van der Waals surface area (Å²) < 4.78 is 23.7. The number of amides is 1. The maximum atomic E-state index is 13.8. The Kier molecular flexibility index (Phi) is 7.26. The second-order valence-corrected chi connectivity index (χ2v) is 6.47. The molecule has 1 N–H and O–H groups in total. The summed E-state index contributed by atoms with van der Waals surface area (Å²) in [4.78, 5) is 36.1. The standard InChI is InChI=1S/C21H22FNO5/c1-13(2)18(23-19(24)16-6-4-5-7-17(16)22)21(26)28-12-14-8-10-15(11-9-14)20(25)27-3/h4-11,13,18H,12H2,1-3H3,(H,23,24)/t18-/m0/s1. The largest absolute Gasteiger partial charge is 0.465 e. The normalized spacial score (nSPS) is 11.6. The second kappa shape index (κ2) is 9.64. The zero-order valence-corrected chi connectivity index (χ0v) is 15.9. The SMILES string of the molecule is COC(=O)c1ccc(COC(=O)[C@@H](NC(=O)c2ccccc2F)C(C)C)cc1. The highest BCUT2D eigenvalue weighted by molar-refractivity contribution is 5.97. The Morgan fingerprint density at radius 2 is 1.68 bits per heavy atom. The highest BCUT2D eigenvalue weighted by atomic mass is 19.1.